The van der Waals surface area contributed by atoms with Crippen molar-refractivity contribution < 1.29 is 4.57 Å². The summed E-state index contributed by atoms with van der Waals surface area (Å²) in [5, 5.41) is 2.16. The third-order valence-corrected chi connectivity index (χ3v) is 3.89. The van der Waals surface area contributed by atoms with Crippen LogP contribution < -0.4 is 4.57 Å². The van der Waals surface area contributed by atoms with Gasteiger partial charge >= 0.3 is 0 Å². The first-order valence-electron chi connectivity index (χ1n) is 5.29. The first kappa shape index (κ1) is 9.20. The van der Waals surface area contributed by atoms with Crippen LogP contribution in [0.3, 0.4) is 0 Å². The van der Waals surface area contributed by atoms with Gasteiger partial charge in [-0.2, -0.15) is 4.57 Å². The van der Waals surface area contributed by atoms with Gasteiger partial charge in [-0.05, 0) is 25.2 Å². The first-order valence-corrected chi connectivity index (χ1v) is 6.24. The van der Waals surface area contributed by atoms with Crippen molar-refractivity contribution in [3.63, 3.8) is 0 Å². The fourth-order valence-corrected chi connectivity index (χ4v) is 2.99. The second-order valence-electron chi connectivity index (χ2n) is 4.18. The van der Waals surface area contributed by atoms with Gasteiger partial charge in [0, 0.05) is 5.92 Å². The van der Waals surface area contributed by atoms with Gasteiger partial charge in [-0.1, -0.05) is 24.7 Å². The van der Waals surface area contributed by atoms with E-state index < -0.39 is 0 Å². The lowest BCUT2D eigenvalue weighted by molar-refractivity contribution is -0.698. The van der Waals surface area contributed by atoms with Gasteiger partial charge in [0.1, 0.15) is 0 Å². The maximum Gasteiger partial charge on any atom is 0.224 e. The Morgan fingerprint density at radius 3 is 2.85 bits per heavy atom. The summed E-state index contributed by atoms with van der Waals surface area (Å²) in [4.78, 5) is 0. The predicted octanol–water partition coefficient (Wildman–Crippen LogP) is 2.86. The van der Waals surface area contributed by atoms with Crippen molar-refractivity contribution in [3.05, 3.63) is 17.1 Å². The molecule has 2 rings (SSSR count). The molecule has 1 aromatic rings. The van der Waals surface area contributed by atoms with Crippen LogP contribution in [0.5, 0.6) is 0 Å². The molecule has 1 saturated carbocycles. The minimum atomic E-state index is 0.949. The highest BCUT2D eigenvalue weighted by atomic mass is 32.1. The van der Waals surface area contributed by atoms with Crippen LogP contribution in [0.4, 0.5) is 0 Å². The second-order valence-corrected chi connectivity index (χ2v) is 4.93. The van der Waals surface area contributed by atoms with E-state index in [2.05, 4.69) is 28.6 Å². The molecular weight excluding hydrogens is 178 g/mol. The molecule has 2 heteroatoms. The third-order valence-electron chi connectivity index (χ3n) is 3.22. The maximum atomic E-state index is 2.34. The van der Waals surface area contributed by atoms with Crippen molar-refractivity contribution in [1.82, 2.24) is 0 Å². The first-order chi connectivity index (χ1) is 6.38. The van der Waals surface area contributed by atoms with E-state index in [1.165, 1.54) is 32.2 Å². The highest BCUT2D eigenvalue weighted by Crippen LogP contribution is 2.32. The molecule has 13 heavy (non-hydrogen) atoms. The van der Waals surface area contributed by atoms with Crippen molar-refractivity contribution in [2.75, 3.05) is 0 Å². The average molecular weight is 196 g/mol. The molecule has 0 bridgehead atoms. The minimum absolute atomic E-state index is 0.949. The SMILES string of the molecule is CCC1CCC(C[n+]2ccsc2)C1. The van der Waals surface area contributed by atoms with E-state index in [0.717, 1.165) is 11.8 Å². The van der Waals surface area contributed by atoms with Crippen molar-refractivity contribution in [1.29, 1.82) is 0 Å². The molecule has 0 aliphatic heterocycles. The van der Waals surface area contributed by atoms with Gasteiger partial charge < -0.3 is 0 Å². The summed E-state index contributed by atoms with van der Waals surface area (Å²) in [5.41, 5.74) is 2.22. The molecule has 72 valence electrons. The van der Waals surface area contributed by atoms with Crippen molar-refractivity contribution in [3.8, 4) is 0 Å². The molecule has 2 atom stereocenters. The number of hydrogen-bond acceptors (Lipinski definition) is 1. The van der Waals surface area contributed by atoms with E-state index >= 15 is 0 Å². The molecule has 0 N–H and O–H groups in total. The molecule has 1 aromatic heterocycles. The van der Waals surface area contributed by atoms with Gasteiger partial charge in [-0.3, -0.25) is 0 Å². The van der Waals surface area contributed by atoms with Gasteiger partial charge in [0.25, 0.3) is 0 Å². The van der Waals surface area contributed by atoms with Gasteiger partial charge in [0.2, 0.25) is 5.51 Å². The van der Waals surface area contributed by atoms with Gasteiger partial charge in [-0.25, -0.2) is 0 Å². The lowest BCUT2D eigenvalue weighted by Gasteiger charge is -2.05. The molecule has 0 saturated heterocycles. The lowest BCUT2D eigenvalue weighted by Crippen LogP contribution is -2.33. The predicted molar refractivity (Wildman–Crippen MR) is 55.6 cm³/mol. The van der Waals surface area contributed by atoms with Gasteiger partial charge in [0.15, 0.2) is 12.7 Å². The molecule has 1 aliphatic rings. The summed E-state index contributed by atoms with van der Waals surface area (Å²) in [6.07, 6.45) is 7.95. The molecule has 1 heterocycles. The lowest BCUT2D eigenvalue weighted by atomic mass is 10.0. The Labute approximate surface area is 84.4 Å². The highest BCUT2D eigenvalue weighted by Gasteiger charge is 2.25. The fourth-order valence-electron chi connectivity index (χ4n) is 2.38. The van der Waals surface area contributed by atoms with E-state index in [9.17, 15) is 0 Å². The van der Waals surface area contributed by atoms with E-state index in [-0.39, 0.29) is 0 Å². The zero-order valence-corrected chi connectivity index (χ0v) is 9.09. The molecular formula is C11H18NS+. The van der Waals surface area contributed by atoms with Gasteiger partial charge in [-0.15, -0.1) is 0 Å². The molecule has 2 unspecified atom stereocenters. The van der Waals surface area contributed by atoms with Crippen LogP contribution in [-0.2, 0) is 6.54 Å². The summed E-state index contributed by atoms with van der Waals surface area (Å²) in [6.45, 7) is 3.57. The Bertz CT molecular complexity index is 243. The van der Waals surface area contributed by atoms with Gasteiger partial charge in [0.05, 0.1) is 5.38 Å². The van der Waals surface area contributed by atoms with E-state index in [1.807, 2.05) is 0 Å². The number of hydrogen-bond donors (Lipinski definition) is 0. The fraction of sp³-hybridized carbons (Fsp3) is 0.727. The van der Waals surface area contributed by atoms with Crippen molar-refractivity contribution in [2.24, 2.45) is 11.8 Å². The highest BCUT2D eigenvalue weighted by molar-refractivity contribution is 7.07. The zero-order chi connectivity index (χ0) is 9.10. The average Bonchev–Trinajstić information content (AvgIpc) is 2.76. The Hall–Kier alpha value is -0.370. The molecule has 1 fully saturated rings. The summed E-state index contributed by atoms with van der Waals surface area (Å²) in [5.74, 6) is 1.97. The maximum absolute atomic E-state index is 2.34. The second kappa shape index (κ2) is 4.23. The molecule has 0 aromatic carbocycles. The monoisotopic (exact) mass is 196 g/mol. The molecule has 1 nitrogen and oxygen atoms in total. The Kier molecular flexibility index (Phi) is 2.99. The van der Waals surface area contributed by atoms with Crippen molar-refractivity contribution in [2.45, 2.75) is 39.2 Å². The summed E-state index contributed by atoms with van der Waals surface area (Å²) < 4.78 is 2.34. The van der Waals surface area contributed by atoms with Crippen LogP contribution in [0, 0.1) is 11.8 Å². The normalized spacial score (nSPS) is 28.1. The topological polar surface area (TPSA) is 3.88 Å². The minimum Gasteiger partial charge on any atom is -0.195 e. The smallest absolute Gasteiger partial charge is 0.195 e. The number of aromatic nitrogens is 1. The molecule has 0 spiro atoms. The quantitative estimate of drug-likeness (QED) is 0.655. The van der Waals surface area contributed by atoms with Crippen LogP contribution in [0.25, 0.3) is 0 Å². The van der Waals surface area contributed by atoms with Crippen LogP contribution in [-0.4, -0.2) is 0 Å². The van der Waals surface area contributed by atoms with E-state index in [1.54, 1.807) is 11.3 Å². The van der Waals surface area contributed by atoms with Crippen LogP contribution in [0.15, 0.2) is 17.1 Å². The summed E-state index contributed by atoms with van der Waals surface area (Å²) >= 11 is 1.79. The van der Waals surface area contributed by atoms with E-state index in [0.29, 0.717) is 0 Å². The standard InChI is InChI=1S/C11H18NS/c1-2-10-3-4-11(7-10)8-12-5-6-13-9-12/h5-6,9-11H,2-4,7-8H2,1H3/q+1. The number of rotatable bonds is 3. The third kappa shape index (κ3) is 2.31. The van der Waals surface area contributed by atoms with Crippen molar-refractivity contribution >= 4 is 11.3 Å². The largest absolute Gasteiger partial charge is 0.224 e. The summed E-state index contributed by atoms with van der Waals surface area (Å²) in [6, 6.07) is 0. The van der Waals surface area contributed by atoms with Crippen LogP contribution in [0.1, 0.15) is 32.6 Å². The number of thiazole rings is 1. The molecule has 0 amide bonds. The zero-order valence-electron chi connectivity index (χ0n) is 8.28. The molecule has 1 aliphatic carbocycles. The molecule has 0 radical (unpaired) electrons. The van der Waals surface area contributed by atoms with E-state index in [4.69, 9.17) is 0 Å². The van der Waals surface area contributed by atoms with Crippen LogP contribution >= 0.6 is 11.3 Å². The Morgan fingerprint density at radius 2 is 2.23 bits per heavy atom. The van der Waals surface area contributed by atoms with Crippen LogP contribution in [0.2, 0.25) is 0 Å². The summed E-state index contributed by atoms with van der Waals surface area (Å²) in [7, 11) is 0. The number of nitrogens with zero attached hydrogens (tertiary/aromatic N) is 1. The Morgan fingerprint density at radius 1 is 1.38 bits per heavy atom. The Balaban J connectivity index is 1.84.